The van der Waals surface area contributed by atoms with Gasteiger partial charge in [0, 0.05) is 36.3 Å². The number of nitrogens with one attached hydrogen (secondary N) is 1. The van der Waals surface area contributed by atoms with Crippen LogP contribution in [0.1, 0.15) is 41.7 Å². The smallest absolute Gasteiger partial charge is 0.228 e. The van der Waals surface area contributed by atoms with Crippen LogP contribution >= 0.6 is 11.3 Å². The molecule has 2 aromatic rings. The largest absolute Gasteiger partial charge is 0.315 e. The summed E-state index contributed by atoms with van der Waals surface area (Å²) in [6.07, 6.45) is 0.488. The zero-order valence-electron chi connectivity index (χ0n) is 12.5. The standard InChI is InChI=1S/C16H19N3OS/c1-10-9-21-16(17-10)11(2)18-13-8-15(20)19(3)14-7-5-4-6-12(13)14/h4-7,9,11,13,18H,8H2,1-3H3. The van der Waals surface area contributed by atoms with Crippen molar-refractivity contribution in [3.63, 3.8) is 0 Å². The summed E-state index contributed by atoms with van der Waals surface area (Å²) in [5.41, 5.74) is 3.22. The summed E-state index contributed by atoms with van der Waals surface area (Å²) in [6.45, 7) is 4.10. The van der Waals surface area contributed by atoms with Crippen molar-refractivity contribution in [3.05, 3.63) is 45.9 Å². The van der Waals surface area contributed by atoms with E-state index in [1.165, 1.54) is 5.56 Å². The van der Waals surface area contributed by atoms with Gasteiger partial charge in [0.05, 0.1) is 6.04 Å². The van der Waals surface area contributed by atoms with Crippen LogP contribution in [0, 0.1) is 6.92 Å². The molecule has 3 rings (SSSR count). The van der Waals surface area contributed by atoms with Gasteiger partial charge in [-0.05, 0) is 25.5 Å². The maximum Gasteiger partial charge on any atom is 0.228 e. The number of hydrogen-bond donors (Lipinski definition) is 1. The number of benzene rings is 1. The fraction of sp³-hybridized carbons (Fsp3) is 0.375. The second kappa shape index (κ2) is 5.58. The molecule has 2 heterocycles. The summed E-state index contributed by atoms with van der Waals surface area (Å²) in [4.78, 5) is 18.4. The second-order valence-corrected chi connectivity index (χ2v) is 6.37. The molecule has 1 aliphatic rings. The van der Waals surface area contributed by atoms with Crippen molar-refractivity contribution in [2.75, 3.05) is 11.9 Å². The quantitative estimate of drug-likeness (QED) is 0.947. The molecule has 2 atom stereocenters. The van der Waals surface area contributed by atoms with Gasteiger partial charge in [-0.3, -0.25) is 4.79 Å². The molecule has 21 heavy (non-hydrogen) atoms. The van der Waals surface area contributed by atoms with Gasteiger partial charge in [-0.25, -0.2) is 4.98 Å². The summed E-state index contributed by atoms with van der Waals surface area (Å²) < 4.78 is 0. The minimum Gasteiger partial charge on any atom is -0.315 e. The number of carbonyl (C=O) groups excluding carboxylic acids is 1. The third kappa shape index (κ3) is 2.71. The molecule has 0 aliphatic carbocycles. The summed E-state index contributed by atoms with van der Waals surface area (Å²) in [7, 11) is 1.84. The van der Waals surface area contributed by atoms with Crippen LogP contribution in [0.2, 0.25) is 0 Å². The summed E-state index contributed by atoms with van der Waals surface area (Å²) >= 11 is 1.66. The van der Waals surface area contributed by atoms with Crippen molar-refractivity contribution in [2.45, 2.75) is 32.4 Å². The minimum absolute atomic E-state index is 0.0455. The first kappa shape index (κ1) is 14.2. The maximum absolute atomic E-state index is 12.2. The van der Waals surface area contributed by atoms with Gasteiger partial charge in [0.15, 0.2) is 0 Å². The van der Waals surface area contributed by atoms with E-state index in [-0.39, 0.29) is 18.0 Å². The fourth-order valence-corrected chi connectivity index (χ4v) is 3.55. The Kier molecular flexibility index (Phi) is 3.78. The first-order chi connectivity index (χ1) is 10.1. The molecule has 2 unspecified atom stereocenters. The molecule has 0 saturated carbocycles. The highest BCUT2D eigenvalue weighted by molar-refractivity contribution is 7.09. The first-order valence-electron chi connectivity index (χ1n) is 7.10. The van der Waals surface area contributed by atoms with Crippen molar-refractivity contribution in [1.29, 1.82) is 0 Å². The summed E-state index contributed by atoms with van der Waals surface area (Å²) in [5.74, 6) is 0.147. The highest BCUT2D eigenvalue weighted by Gasteiger charge is 2.30. The second-order valence-electron chi connectivity index (χ2n) is 5.48. The number of amides is 1. The normalized spacial score (nSPS) is 19.5. The maximum atomic E-state index is 12.2. The number of carbonyl (C=O) groups is 1. The Morgan fingerprint density at radius 1 is 1.43 bits per heavy atom. The number of aromatic nitrogens is 1. The van der Waals surface area contributed by atoms with Gasteiger partial charge in [0.1, 0.15) is 5.01 Å². The van der Waals surface area contributed by atoms with E-state index in [9.17, 15) is 4.79 Å². The van der Waals surface area contributed by atoms with E-state index in [1.54, 1.807) is 16.2 Å². The van der Waals surface area contributed by atoms with Crippen LogP contribution < -0.4 is 10.2 Å². The van der Waals surface area contributed by atoms with Gasteiger partial charge in [-0.15, -0.1) is 11.3 Å². The van der Waals surface area contributed by atoms with Crippen LogP contribution in [0.4, 0.5) is 5.69 Å². The summed E-state index contributed by atoms with van der Waals surface area (Å²) in [5, 5.41) is 6.68. The molecular weight excluding hydrogens is 282 g/mol. The molecule has 1 aromatic carbocycles. The Balaban J connectivity index is 1.86. The minimum atomic E-state index is 0.0455. The average Bonchev–Trinajstić information content (AvgIpc) is 2.91. The molecule has 0 bridgehead atoms. The van der Waals surface area contributed by atoms with Crippen LogP contribution in [-0.2, 0) is 4.79 Å². The van der Waals surface area contributed by atoms with Gasteiger partial charge in [0.25, 0.3) is 0 Å². The lowest BCUT2D eigenvalue weighted by Gasteiger charge is -2.33. The number of rotatable bonds is 3. The van der Waals surface area contributed by atoms with Crippen LogP contribution in [0.25, 0.3) is 0 Å². The Morgan fingerprint density at radius 3 is 2.90 bits per heavy atom. The third-order valence-corrected chi connectivity index (χ3v) is 5.03. The van der Waals surface area contributed by atoms with E-state index in [0.29, 0.717) is 6.42 Å². The van der Waals surface area contributed by atoms with Crippen molar-refractivity contribution >= 4 is 22.9 Å². The van der Waals surface area contributed by atoms with Gasteiger partial charge in [-0.2, -0.15) is 0 Å². The van der Waals surface area contributed by atoms with Gasteiger partial charge >= 0.3 is 0 Å². The van der Waals surface area contributed by atoms with Crippen molar-refractivity contribution in [3.8, 4) is 0 Å². The Bertz CT molecular complexity index is 667. The molecule has 4 nitrogen and oxygen atoms in total. The topological polar surface area (TPSA) is 45.2 Å². The molecule has 1 amide bonds. The van der Waals surface area contributed by atoms with Crippen LogP contribution in [0.5, 0.6) is 0 Å². The molecule has 1 aromatic heterocycles. The lowest BCUT2D eigenvalue weighted by Crippen LogP contribution is -2.38. The number of para-hydroxylation sites is 1. The fourth-order valence-electron chi connectivity index (χ4n) is 2.74. The number of thiazole rings is 1. The van der Waals surface area contributed by atoms with Gasteiger partial charge in [-0.1, -0.05) is 18.2 Å². The van der Waals surface area contributed by atoms with Crippen molar-refractivity contribution < 1.29 is 4.79 Å². The highest BCUT2D eigenvalue weighted by atomic mass is 32.1. The van der Waals surface area contributed by atoms with E-state index in [4.69, 9.17) is 0 Å². The zero-order chi connectivity index (χ0) is 15.0. The van der Waals surface area contributed by atoms with E-state index in [0.717, 1.165) is 16.4 Å². The molecule has 0 radical (unpaired) electrons. The number of hydrogen-bond acceptors (Lipinski definition) is 4. The molecule has 5 heteroatoms. The van der Waals surface area contributed by atoms with E-state index in [2.05, 4.69) is 28.7 Å². The third-order valence-electron chi connectivity index (χ3n) is 3.88. The monoisotopic (exact) mass is 301 g/mol. The number of fused-ring (bicyclic) bond motifs is 1. The van der Waals surface area contributed by atoms with Crippen molar-refractivity contribution in [1.82, 2.24) is 10.3 Å². The van der Waals surface area contributed by atoms with Crippen LogP contribution in [-0.4, -0.2) is 17.9 Å². The van der Waals surface area contributed by atoms with E-state index < -0.39 is 0 Å². The predicted molar refractivity (Wildman–Crippen MR) is 85.6 cm³/mol. The lowest BCUT2D eigenvalue weighted by molar-refractivity contribution is -0.119. The van der Waals surface area contributed by atoms with Gasteiger partial charge < -0.3 is 10.2 Å². The molecular formula is C16H19N3OS. The molecule has 0 spiro atoms. The Morgan fingerprint density at radius 2 is 2.19 bits per heavy atom. The average molecular weight is 301 g/mol. The van der Waals surface area contributed by atoms with Crippen molar-refractivity contribution in [2.24, 2.45) is 0 Å². The van der Waals surface area contributed by atoms with E-state index in [1.807, 2.05) is 32.2 Å². The molecule has 0 saturated heterocycles. The lowest BCUT2D eigenvalue weighted by atomic mass is 9.95. The van der Waals surface area contributed by atoms with E-state index >= 15 is 0 Å². The molecule has 1 aliphatic heterocycles. The number of nitrogens with zero attached hydrogens (tertiary/aromatic N) is 2. The molecule has 0 fully saturated rings. The molecule has 1 N–H and O–H groups in total. The molecule has 110 valence electrons. The predicted octanol–water partition coefficient (Wildman–Crippen LogP) is 3.21. The van der Waals surface area contributed by atoms with Gasteiger partial charge in [0.2, 0.25) is 5.91 Å². The van der Waals surface area contributed by atoms with Crippen LogP contribution in [0.3, 0.4) is 0 Å². The number of aryl methyl sites for hydroxylation is 1. The number of anilines is 1. The Hall–Kier alpha value is -1.72. The zero-order valence-corrected chi connectivity index (χ0v) is 13.3. The SMILES string of the molecule is Cc1csc(C(C)NC2CC(=O)N(C)c3ccccc32)n1. The highest BCUT2D eigenvalue weighted by Crippen LogP contribution is 2.35. The Labute approximate surface area is 128 Å². The first-order valence-corrected chi connectivity index (χ1v) is 7.98. The van der Waals surface area contributed by atoms with Crippen LogP contribution in [0.15, 0.2) is 29.6 Å². The summed E-state index contributed by atoms with van der Waals surface area (Å²) in [6, 6.07) is 8.27.